The van der Waals surface area contributed by atoms with Gasteiger partial charge in [0.15, 0.2) is 16.4 Å². The average Bonchev–Trinajstić information content (AvgIpc) is 2.56. The molecule has 0 aromatic heterocycles. The van der Waals surface area contributed by atoms with Crippen LogP contribution in [0.2, 0.25) is 0 Å². The number of sulfone groups is 1. The van der Waals surface area contributed by atoms with Crippen LogP contribution in [0.5, 0.6) is 5.75 Å². The van der Waals surface area contributed by atoms with Gasteiger partial charge in [0, 0.05) is 6.26 Å². The van der Waals surface area contributed by atoms with Crippen molar-refractivity contribution in [3.05, 3.63) is 59.2 Å². The van der Waals surface area contributed by atoms with Gasteiger partial charge < -0.3 is 10.1 Å². The fraction of sp³-hybridized carbons (Fsp3) is 0.350. The Morgan fingerprint density at radius 1 is 1.08 bits per heavy atom. The van der Waals surface area contributed by atoms with Gasteiger partial charge in [0.2, 0.25) is 0 Å². The number of carbonyl (C=O) groups excluding carboxylic acids is 1. The van der Waals surface area contributed by atoms with Gasteiger partial charge >= 0.3 is 0 Å². The quantitative estimate of drug-likeness (QED) is 0.805. The molecule has 2 aromatic rings. The second-order valence-corrected chi connectivity index (χ2v) is 8.50. The molecule has 0 unspecified atom stereocenters. The molecule has 0 radical (unpaired) electrons. The molecule has 0 fully saturated rings. The van der Waals surface area contributed by atoms with E-state index in [4.69, 9.17) is 4.74 Å². The zero-order valence-corrected chi connectivity index (χ0v) is 16.4. The SMILES string of the molecule is CC[C@@H](NC(=O)COc1cc(C)cc(C)c1)c1ccc(S(C)(=O)=O)cc1. The summed E-state index contributed by atoms with van der Waals surface area (Å²) in [5, 5.41) is 2.93. The van der Waals surface area contributed by atoms with Crippen LogP contribution in [0.1, 0.15) is 36.1 Å². The van der Waals surface area contributed by atoms with Crippen LogP contribution in [-0.4, -0.2) is 27.2 Å². The zero-order chi connectivity index (χ0) is 19.3. The maximum absolute atomic E-state index is 12.2. The summed E-state index contributed by atoms with van der Waals surface area (Å²) in [7, 11) is -3.23. The molecule has 140 valence electrons. The van der Waals surface area contributed by atoms with E-state index in [2.05, 4.69) is 5.32 Å². The molecule has 0 saturated heterocycles. The zero-order valence-electron chi connectivity index (χ0n) is 15.6. The van der Waals surface area contributed by atoms with Gasteiger partial charge in [0.1, 0.15) is 5.75 Å². The molecule has 0 heterocycles. The van der Waals surface area contributed by atoms with Gasteiger partial charge in [0.25, 0.3) is 5.91 Å². The lowest BCUT2D eigenvalue weighted by Gasteiger charge is -2.18. The third kappa shape index (κ3) is 5.59. The number of carbonyl (C=O) groups is 1. The number of benzene rings is 2. The summed E-state index contributed by atoms with van der Waals surface area (Å²) in [6, 6.07) is 12.2. The van der Waals surface area contributed by atoms with Crippen molar-refractivity contribution in [2.45, 2.75) is 38.1 Å². The molecule has 0 aliphatic carbocycles. The molecular formula is C20H25NO4S. The minimum absolute atomic E-state index is 0.0686. The maximum atomic E-state index is 12.2. The van der Waals surface area contributed by atoms with Crippen molar-refractivity contribution in [1.82, 2.24) is 5.32 Å². The molecule has 0 bridgehead atoms. The van der Waals surface area contributed by atoms with E-state index in [9.17, 15) is 13.2 Å². The largest absolute Gasteiger partial charge is 0.484 e. The Morgan fingerprint density at radius 3 is 2.15 bits per heavy atom. The topological polar surface area (TPSA) is 72.5 Å². The van der Waals surface area contributed by atoms with E-state index in [0.717, 1.165) is 16.7 Å². The fourth-order valence-corrected chi connectivity index (χ4v) is 3.40. The van der Waals surface area contributed by atoms with Crippen LogP contribution in [0.15, 0.2) is 47.4 Å². The minimum Gasteiger partial charge on any atom is -0.484 e. The number of rotatable bonds is 7. The van der Waals surface area contributed by atoms with Gasteiger partial charge in [-0.15, -0.1) is 0 Å². The van der Waals surface area contributed by atoms with Gasteiger partial charge in [-0.1, -0.05) is 25.1 Å². The summed E-state index contributed by atoms with van der Waals surface area (Å²) in [6.45, 7) is 5.85. The predicted octanol–water partition coefficient (Wildman–Crippen LogP) is 3.35. The van der Waals surface area contributed by atoms with Gasteiger partial charge in [0.05, 0.1) is 10.9 Å². The Balaban J connectivity index is 1.99. The molecule has 26 heavy (non-hydrogen) atoms. The third-order valence-electron chi connectivity index (χ3n) is 4.02. The minimum atomic E-state index is -3.23. The highest BCUT2D eigenvalue weighted by Crippen LogP contribution is 2.20. The van der Waals surface area contributed by atoms with Crippen LogP contribution >= 0.6 is 0 Å². The number of hydrogen-bond acceptors (Lipinski definition) is 4. The van der Waals surface area contributed by atoms with E-state index in [1.165, 1.54) is 6.26 Å². The summed E-state index contributed by atoms with van der Waals surface area (Å²) < 4.78 is 28.7. The molecule has 5 nitrogen and oxygen atoms in total. The van der Waals surface area contributed by atoms with Crippen LogP contribution in [0.4, 0.5) is 0 Å². The van der Waals surface area contributed by atoms with E-state index in [1.807, 2.05) is 39.0 Å². The Labute approximate surface area is 155 Å². The molecule has 2 aromatic carbocycles. The first-order chi connectivity index (χ1) is 12.2. The molecule has 0 spiro atoms. The van der Waals surface area contributed by atoms with Gasteiger partial charge in [-0.3, -0.25) is 4.79 Å². The Kier molecular flexibility index (Phi) is 6.42. The van der Waals surface area contributed by atoms with Gasteiger partial charge in [-0.2, -0.15) is 0 Å². The highest BCUT2D eigenvalue weighted by atomic mass is 32.2. The first kappa shape index (κ1) is 20.0. The van der Waals surface area contributed by atoms with Gasteiger partial charge in [-0.05, 0) is 61.2 Å². The lowest BCUT2D eigenvalue weighted by atomic mass is 10.0. The van der Waals surface area contributed by atoms with E-state index in [1.54, 1.807) is 24.3 Å². The second-order valence-electron chi connectivity index (χ2n) is 6.48. The maximum Gasteiger partial charge on any atom is 0.258 e. The predicted molar refractivity (Wildman–Crippen MR) is 102 cm³/mol. The standard InChI is InChI=1S/C20H25NO4S/c1-5-19(16-6-8-18(9-7-16)26(4,23)24)21-20(22)13-25-17-11-14(2)10-15(3)12-17/h6-12,19H,5,13H2,1-4H3,(H,21,22)/t19-/m1/s1. The van der Waals surface area contributed by atoms with E-state index in [-0.39, 0.29) is 23.5 Å². The number of hydrogen-bond donors (Lipinski definition) is 1. The van der Waals surface area contributed by atoms with E-state index >= 15 is 0 Å². The average molecular weight is 375 g/mol. The molecule has 0 saturated carbocycles. The molecular weight excluding hydrogens is 350 g/mol. The Bertz CT molecular complexity index is 853. The first-order valence-electron chi connectivity index (χ1n) is 8.49. The van der Waals surface area contributed by atoms with Crippen molar-refractivity contribution in [1.29, 1.82) is 0 Å². The molecule has 0 aliphatic heterocycles. The van der Waals surface area contributed by atoms with Crippen LogP contribution in [0, 0.1) is 13.8 Å². The number of ether oxygens (including phenoxy) is 1. The van der Waals surface area contributed by atoms with Crippen molar-refractivity contribution >= 4 is 15.7 Å². The van der Waals surface area contributed by atoms with Crippen molar-refractivity contribution in [3.8, 4) is 5.75 Å². The van der Waals surface area contributed by atoms with Crippen LogP contribution < -0.4 is 10.1 Å². The third-order valence-corrected chi connectivity index (χ3v) is 5.15. The van der Waals surface area contributed by atoms with Crippen molar-refractivity contribution in [2.24, 2.45) is 0 Å². The van der Waals surface area contributed by atoms with Crippen molar-refractivity contribution in [3.63, 3.8) is 0 Å². The smallest absolute Gasteiger partial charge is 0.258 e. The number of aryl methyl sites for hydroxylation is 2. The molecule has 1 amide bonds. The van der Waals surface area contributed by atoms with E-state index < -0.39 is 9.84 Å². The van der Waals surface area contributed by atoms with Crippen LogP contribution in [0.25, 0.3) is 0 Å². The summed E-state index contributed by atoms with van der Waals surface area (Å²) in [6.07, 6.45) is 1.86. The monoisotopic (exact) mass is 375 g/mol. The summed E-state index contributed by atoms with van der Waals surface area (Å²) in [5.74, 6) is 0.450. The highest BCUT2D eigenvalue weighted by Gasteiger charge is 2.15. The molecule has 1 N–H and O–H groups in total. The summed E-state index contributed by atoms with van der Waals surface area (Å²) in [5.41, 5.74) is 3.02. The number of nitrogens with one attached hydrogen (secondary N) is 1. The molecule has 6 heteroatoms. The Hall–Kier alpha value is -2.34. The summed E-state index contributed by atoms with van der Waals surface area (Å²) in [4.78, 5) is 12.5. The molecule has 2 rings (SSSR count). The Morgan fingerprint density at radius 2 is 1.65 bits per heavy atom. The van der Waals surface area contributed by atoms with Crippen LogP contribution in [-0.2, 0) is 14.6 Å². The second kappa shape index (κ2) is 8.36. The number of amides is 1. The van der Waals surface area contributed by atoms with Gasteiger partial charge in [-0.25, -0.2) is 8.42 Å². The molecule has 0 aliphatic rings. The fourth-order valence-electron chi connectivity index (χ4n) is 2.77. The van der Waals surface area contributed by atoms with Crippen molar-refractivity contribution < 1.29 is 17.9 Å². The van der Waals surface area contributed by atoms with Crippen molar-refractivity contribution in [2.75, 3.05) is 12.9 Å². The lowest BCUT2D eigenvalue weighted by Crippen LogP contribution is -2.32. The highest BCUT2D eigenvalue weighted by molar-refractivity contribution is 7.90. The normalized spacial score (nSPS) is 12.5. The summed E-state index contributed by atoms with van der Waals surface area (Å²) >= 11 is 0. The van der Waals surface area contributed by atoms with Crippen LogP contribution in [0.3, 0.4) is 0 Å². The lowest BCUT2D eigenvalue weighted by molar-refractivity contribution is -0.123. The molecule has 1 atom stereocenters. The van der Waals surface area contributed by atoms with E-state index in [0.29, 0.717) is 12.2 Å². The first-order valence-corrected chi connectivity index (χ1v) is 10.4.